The first kappa shape index (κ1) is 25.5. The van der Waals surface area contributed by atoms with Gasteiger partial charge in [0.05, 0.1) is 35.3 Å². The number of aromatic nitrogens is 5. The number of carbonyl (C=O) groups excluding carboxylic acids is 2. The Hall–Kier alpha value is -4.19. The number of nitrogens with zero attached hydrogens (tertiary/aromatic N) is 5. The Morgan fingerprint density at radius 2 is 1.92 bits per heavy atom. The fraction of sp³-hybridized carbons (Fsp3) is 0.423. The van der Waals surface area contributed by atoms with Crippen molar-refractivity contribution in [2.24, 2.45) is 12.8 Å². The van der Waals surface area contributed by atoms with E-state index in [1.165, 1.54) is 6.20 Å². The van der Waals surface area contributed by atoms with Crippen LogP contribution in [0.4, 0.5) is 0 Å². The van der Waals surface area contributed by atoms with Gasteiger partial charge in [-0.3, -0.25) is 14.3 Å². The van der Waals surface area contributed by atoms with Gasteiger partial charge in [0.25, 0.3) is 11.8 Å². The summed E-state index contributed by atoms with van der Waals surface area (Å²) in [5.74, 6) is -0.0553. The molecule has 0 atom stereocenters. The van der Waals surface area contributed by atoms with E-state index in [9.17, 15) is 14.7 Å². The van der Waals surface area contributed by atoms with E-state index in [1.807, 2.05) is 0 Å². The monoisotopic (exact) mass is 521 g/mol. The molecule has 2 amide bonds. The average molecular weight is 522 g/mol. The Morgan fingerprint density at radius 1 is 1.16 bits per heavy atom. The normalized spacial score (nSPS) is 18.0. The number of nitrogens with two attached hydrogens (primary N) is 1. The van der Waals surface area contributed by atoms with Gasteiger partial charge in [-0.15, -0.1) is 0 Å². The molecule has 1 fully saturated rings. The van der Waals surface area contributed by atoms with Crippen LogP contribution in [-0.4, -0.2) is 65.7 Å². The molecule has 200 valence electrons. The fourth-order valence-electron chi connectivity index (χ4n) is 4.56. The molecule has 12 heteroatoms. The van der Waals surface area contributed by atoms with Gasteiger partial charge in [-0.2, -0.15) is 15.2 Å². The highest BCUT2D eigenvalue weighted by Gasteiger charge is 2.27. The second kappa shape index (κ2) is 9.93. The molecule has 4 heterocycles. The van der Waals surface area contributed by atoms with Crippen molar-refractivity contribution in [3.8, 4) is 11.6 Å². The van der Waals surface area contributed by atoms with Gasteiger partial charge in [-0.05, 0) is 57.7 Å². The first-order valence-electron chi connectivity index (χ1n) is 12.5. The zero-order valence-corrected chi connectivity index (χ0v) is 21.5. The van der Waals surface area contributed by atoms with Gasteiger partial charge in [0.15, 0.2) is 5.65 Å². The SMILES string of the molecule is Cn1ncc2cc(C(N)=O)c(O[C@H]3CC[C@H](NC(=O)c4cnn5cc(OCC(C)(C)O)ccc45)CC3)nc21. The van der Waals surface area contributed by atoms with Crippen molar-refractivity contribution < 1.29 is 24.2 Å². The molecule has 0 aliphatic heterocycles. The number of amides is 2. The maximum absolute atomic E-state index is 13.0. The van der Waals surface area contributed by atoms with Gasteiger partial charge in [-0.25, -0.2) is 4.52 Å². The number of aryl methyl sites for hydroxylation is 1. The number of pyridine rings is 2. The van der Waals surface area contributed by atoms with Gasteiger partial charge in [0.2, 0.25) is 5.88 Å². The van der Waals surface area contributed by atoms with E-state index in [0.717, 1.165) is 0 Å². The van der Waals surface area contributed by atoms with Crippen molar-refractivity contribution in [1.82, 2.24) is 29.7 Å². The summed E-state index contributed by atoms with van der Waals surface area (Å²) < 4.78 is 14.9. The van der Waals surface area contributed by atoms with E-state index in [0.29, 0.717) is 53.5 Å². The van der Waals surface area contributed by atoms with Crippen molar-refractivity contribution in [3.05, 3.63) is 47.9 Å². The van der Waals surface area contributed by atoms with E-state index in [2.05, 4.69) is 20.5 Å². The highest BCUT2D eigenvalue weighted by atomic mass is 16.5. The van der Waals surface area contributed by atoms with Crippen LogP contribution in [0.1, 0.15) is 60.2 Å². The summed E-state index contributed by atoms with van der Waals surface area (Å²) in [7, 11) is 1.77. The summed E-state index contributed by atoms with van der Waals surface area (Å²) in [4.78, 5) is 29.5. The largest absolute Gasteiger partial charge is 0.489 e. The molecule has 0 spiro atoms. The molecular formula is C26H31N7O5. The van der Waals surface area contributed by atoms with Crippen molar-refractivity contribution >= 4 is 28.4 Å². The molecule has 0 saturated heterocycles. The Morgan fingerprint density at radius 3 is 2.63 bits per heavy atom. The molecule has 38 heavy (non-hydrogen) atoms. The lowest BCUT2D eigenvalue weighted by Gasteiger charge is -2.29. The summed E-state index contributed by atoms with van der Waals surface area (Å²) in [6.07, 6.45) is 7.48. The van der Waals surface area contributed by atoms with Crippen LogP contribution >= 0.6 is 0 Å². The molecule has 1 saturated carbocycles. The Bertz CT molecular complexity index is 1500. The molecule has 4 aromatic rings. The molecule has 0 bridgehead atoms. The number of hydrogen-bond donors (Lipinski definition) is 3. The number of rotatable bonds is 8. The van der Waals surface area contributed by atoms with Crippen LogP contribution < -0.4 is 20.5 Å². The second-order valence-corrected chi connectivity index (χ2v) is 10.3. The number of hydrogen-bond acceptors (Lipinski definition) is 8. The van der Waals surface area contributed by atoms with Crippen molar-refractivity contribution in [3.63, 3.8) is 0 Å². The zero-order valence-electron chi connectivity index (χ0n) is 21.5. The summed E-state index contributed by atoms with van der Waals surface area (Å²) in [6, 6.07) is 5.15. The lowest BCUT2D eigenvalue weighted by molar-refractivity contribution is 0.0283. The topological polar surface area (TPSA) is 159 Å². The fourth-order valence-corrected chi connectivity index (χ4v) is 4.56. The van der Waals surface area contributed by atoms with Crippen LogP contribution in [-0.2, 0) is 7.05 Å². The lowest BCUT2D eigenvalue weighted by atomic mass is 9.92. The van der Waals surface area contributed by atoms with Crippen molar-refractivity contribution in [2.75, 3.05) is 6.61 Å². The Balaban J connectivity index is 1.20. The van der Waals surface area contributed by atoms with Crippen LogP contribution in [0.5, 0.6) is 11.6 Å². The lowest BCUT2D eigenvalue weighted by Crippen LogP contribution is -2.39. The highest BCUT2D eigenvalue weighted by molar-refractivity contribution is 6.01. The molecular weight excluding hydrogens is 490 g/mol. The number of nitrogens with one attached hydrogen (secondary N) is 1. The standard InChI is InChI=1S/C26H31N7O5/c1-26(2,36)14-37-18-8-9-21-20(12-29-33(21)13-18)24(35)30-16-4-6-17(7-5-16)38-25-19(22(27)34)10-15-11-28-32(3)23(15)31-25/h8-13,16-17,36H,4-7,14H2,1-3H3,(H2,27,34)(H,30,35)/t16-,17-. The maximum Gasteiger partial charge on any atom is 0.255 e. The summed E-state index contributed by atoms with van der Waals surface area (Å²) in [6.45, 7) is 3.47. The first-order valence-corrected chi connectivity index (χ1v) is 12.5. The van der Waals surface area contributed by atoms with Crippen LogP contribution in [0.15, 0.2) is 36.8 Å². The van der Waals surface area contributed by atoms with Gasteiger partial charge < -0.3 is 25.6 Å². The first-order chi connectivity index (χ1) is 18.1. The molecule has 12 nitrogen and oxygen atoms in total. The minimum atomic E-state index is -0.957. The third-order valence-electron chi connectivity index (χ3n) is 6.55. The van der Waals surface area contributed by atoms with Gasteiger partial charge in [0, 0.05) is 18.5 Å². The Kier molecular flexibility index (Phi) is 6.66. The highest BCUT2D eigenvalue weighted by Crippen LogP contribution is 2.28. The molecule has 1 aliphatic rings. The number of ether oxygens (including phenoxy) is 2. The molecule has 5 rings (SSSR count). The number of primary amides is 1. The van der Waals surface area contributed by atoms with Gasteiger partial charge in [0.1, 0.15) is 24.0 Å². The zero-order chi connectivity index (χ0) is 27.0. The minimum Gasteiger partial charge on any atom is -0.489 e. The minimum absolute atomic E-state index is 0.0187. The number of fused-ring (bicyclic) bond motifs is 2. The molecule has 0 aromatic carbocycles. The molecule has 4 N–H and O–H groups in total. The molecule has 0 radical (unpaired) electrons. The second-order valence-electron chi connectivity index (χ2n) is 10.3. The van der Waals surface area contributed by atoms with Crippen LogP contribution in [0.25, 0.3) is 16.6 Å². The number of aliphatic hydroxyl groups is 1. The predicted molar refractivity (Wildman–Crippen MR) is 138 cm³/mol. The van der Waals surface area contributed by atoms with Crippen molar-refractivity contribution in [2.45, 2.75) is 57.3 Å². The quantitative estimate of drug-likeness (QED) is 0.317. The third-order valence-corrected chi connectivity index (χ3v) is 6.55. The van der Waals surface area contributed by atoms with Gasteiger partial charge >= 0.3 is 0 Å². The van der Waals surface area contributed by atoms with Crippen LogP contribution in [0.3, 0.4) is 0 Å². The molecule has 0 unspecified atom stereocenters. The Labute approximate surface area is 218 Å². The molecule has 4 aromatic heterocycles. The third kappa shape index (κ3) is 5.40. The molecule has 1 aliphatic carbocycles. The summed E-state index contributed by atoms with van der Waals surface area (Å²) in [5, 5.41) is 22.1. The maximum atomic E-state index is 13.0. The van der Waals surface area contributed by atoms with Crippen molar-refractivity contribution in [1.29, 1.82) is 0 Å². The van der Waals surface area contributed by atoms with Gasteiger partial charge in [-0.1, -0.05) is 0 Å². The van der Waals surface area contributed by atoms with Crippen LogP contribution in [0, 0.1) is 0 Å². The van der Waals surface area contributed by atoms with E-state index in [-0.39, 0.29) is 36.1 Å². The van der Waals surface area contributed by atoms with E-state index in [4.69, 9.17) is 15.2 Å². The summed E-state index contributed by atoms with van der Waals surface area (Å²) in [5.41, 5.74) is 6.57. The smallest absolute Gasteiger partial charge is 0.255 e. The van der Waals surface area contributed by atoms with E-state index >= 15 is 0 Å². The summed E-state index contributed by atoms with van der Waals surface area (Å²) >= 11 is 0. The van der Waals surface area contributed by atoms with E-state index < -0.39 is 11.5 Å². The van der Waals surface area contributed by atoms with Crippen LogP contribution in [0.2, 0.25) is 0 Å². The van der Waals surface area contributed by atoms with E-state index in [1.54, 1.807) is 60.7 Å². The average Bonchev–Trinajstić information content (AvgIpc) is 3.46. The predicted octanol–water partition coefficient (Wildman–Crippen LogP) is 1.98. The number of carbonyl (C=O) groups is 2.